The molecule has 96 valence electrons. The van der Waals surface area contributed by atoms with Crippen LogP contribution in [0.5, 0.6) is 0 Å². The maximum Gasteiger partial charge on any atom is 0.0867 e. The molecule has 0 aromatic heterocycles. The summed E-state index contributed by atoms with van der Waals surface area (Å²) in [6, 6.07) is 2.14. The van der Waals surface area contributed by atoms with Gasteiger partial charge in [0.25, 0.3) is 0 Å². The average molecular weight is 232 g/mol. The minimum absolute atomic E-state index is 0.146. The predicted octanol–water partition coefficient (Wildman–Crippen LogP) is -0.299. The maximum absolute atomic E-state index is 8.63. The summed E-state index contributed by atoms with van der Waals surface area (Å²) in [5.74, 6) is 8.00. The van der Waals surface area contributed by atoms with Gasteiger partial charge in [-0.05, 0) is 13.8 Å². The second kappa shape index (κ2) is 12.4. The molecule has 0 saturated heterocycles. The van der Waals surface area contributed by atoms with Gasteiger partial charge in [-0.2, -0.15) is 5.26 Å². The third-order valence-electron chi connectivity index (χ3n) is 2.13. The van der Waals surface area contributed by atoms with Crippen LogP contribution in [0.4, 0.5) is 0 Å². The van der Waals surface area contributed by atoms with E-state index in [1.807, 2.05) is 18.7 Å². The molecule has 0 aliphatic rings. The monoisotopic (exact) mass is 232 g/mol. The highest BCUT2D eigenvalue weighted by atomic mass is 16.5. The van der Waals surface area contributed by atoms with E-state index >= 15 is 0 Å². The first-order valence-electron chi connectivity index (χ1n) is 5.12. The van der Waals surface area contributed by atoms with E-state index < -0.39 is 0 Å². The van der Waals surface area contributed by atoms with Crippen LogP contribution < -0.4 is 11.7 Å². The van der Waals surface area contributed by atoms with Gasteiger partial charge in [-0.25, -0.2) is 0 Å². The molecule has 4 N–H and O–H groups in total. The van der Waals surface area contributed by atoms with Crippen LogP contribution in [-0.2, 0) is 9.47 Å². The number of hydrazine groups is 1. The highest BCUT2D eigenvalue weighted by Crippen LogP contribution is 1.99. The van der Waals surface area contributed by atoms with Crippen LogP contribution in [0.25, 0.3) is 0 Å². The molecule has 6 nitrogen and oxygen atoms in total. The Labute approximate surface area is 98.1 Å². The first-order valence-corrected chi connectivity index (χ1v) is 5.12. The van der Waals surface area contributed by atoms with Crippen molar-refractivity contribution in [3.05, 3.63) is 0 Å². The fourth-order valence-electron chi connectivity index (χ4n) is 1.18. The largest absolute Gasteiger partial charge is 0.380 e. The minimum atomic E-state index is 0.146. The fourth-order valence-corrected chi connectivity index (χ4v) is 1.18. The number of ether oxygens (including phenoxy) is 2. The molecule has 0 amide bonds. The molecular weight excluding hydrogens is 208 g/mol. The Morgan fingerprint density at radius 3 is 1.75 bits per heavy atom. The Morgan fingerprint density at radius 1 is 1.12 bits per heavy atom. The second-order valence-electron chi connectivity index (χ2n) is 3.44. The van der Waals surface area contributed by atoms with Gasteiger partial charge in [0.15, 0.2) is 0 Å². The van der Waals surface area contributed by atoms with Crippen LogP contribution >= 0.6 is 0 Å². The van der Waals surface area contributed by atoms with E-state index in [9.17, 15) is 0 Å². The number of nitrogens with zero attached hydrogens (tertiary/aromatic N) is 2. The maximum atomic E-state index is 8.63. The van der Waals surface area contributed by atoms with Gasteiger partial charge in [0.1, 0.15) is 0 Å². The SMILES string of the molecule is COC(C)CN(CC#N)CC(C)OC.NN. The molecule has 6 heteroatoms. The molecule has 0 bridgehead atoms. The first kappa shape index (κ1) is 17.7. The number of methoxy groups -OCH3 is 2. The number of nitrogens with two attached hydrogens (primary N) is 2. The Balaban J connectivity index is 0. The van der Waals surface area contributed by atoms with Gasteiger partial charge in [0, 0.05) is 27.3 Å². The summed E-state index contributed by atoms with van der Waals surface area (Å²) in [6.07, 6.45) is 0.291. The normalized spacial score (nSPS) is 13.6. The number of hydrogen-bond donors (Lipinski definition) is 2. The lowest BCUT2D eigenvalue weighted by molar-refractivity contribution is 0.0453. The summed E-state index contributed by atoms with van der Waals surface area (Å²) in [6.45, 7) is 5.92. The molecule has 0 aromatic rings. The molecule has 0 aromatic carbocycles. The van der Waals surface area contributed by atoms with Crippen molar-refractivity contribution in [3.63, 3.8) is 0 Å². The third kappa shape index (κ3) is 9.83. The van der Waals surface area contributed by atoms with Crippen LogP contribution in [-0.4, -0.2) is 51.0 Å². The van der Waals surface area contributed by atoms with Crippen molar-refractivity contribution in [3.8, 4) is 6.07 Å². The molecule has 0 radical (unpaired) electrons. The summed E-state index contributed by atoms with van der Waals surface area (Å²) in [7, 11) is 3.35. The summed E-state index contributed by atoms with van der Waals surface area (Å²) >= 11 is 0. The molecule has 0 fully saturated rings. The lowest BCUT2D eigenvalue weighted by Crippen LogP contribution is -2.37. The van der Waals surface area contributed by atoms with E-state index in [4.69, 9.17) is 14.7 Å². The number of rotatable bonds is 7. The van der Waals surface area contributed by atoms with Crippen LogP contribution in [0.3, 0.4) is 0 Å². The molecule has 0 heterocycles. The summed E-state index contributed by atoms with van der Waals surface area (Å²) in [5, 5.41) is 8.63. The molecule has 0 spiro atoms. The van der Waals surface area contributed by atoms with Crippen molar-refractivity contribution in [1.82, 2.24) is 4.90 Å². The zero-order valence-electron chi connectivity index (χ0n) is 10.6. The Bertz CT molecular complexity index is 172. The zero-order chi connectivity index (χ0) is 13.0. The van der Waals surface area contributed by atoms with Crippen LogP contribution in [0.15, 0.2) is 0 Å². The highest BCUT2D eigenvalue weighted by Gasteiger charge is 2.12. The minimum Gasteiger partial charge on any atom is -0.380 e. The third-order valence-corrected chi connectivity index (χ3v) is 2.13. The molecular formula is C10H24N4O2. The van der Waals surface area contributed by atoms with E-state index in [0.717, 1.165) is 13.1 Å². The van der Waals surface area contributed by atoms with E-state index in [1.54, 1.807) is 14.2 Å². The van der Waals surface area contributed by atoms with Crippen molar-refractivity contribution in [2.24, 2.45) is 11.7 Å². The number of hydrogen-bond acceptors (Lipinski definition) is 6. The van der Waals surface area contributed by atoms with Gasteiger partial charge < -0.3 is 9.47 Å². The molecule has 0 rings (SSSR count). The predicted molar refractivity (Wildman–Crippen MR) is 63.4 cm³/mol. The Kier molecular flexibility index (Phi) is 13.7. The van der Waals surface area contributed by atoms with Gasteiger partial charge in [0.05, 0.1) is 24.8 Å². The van der Waals surface area contributed by atoms with Gasteiger partial charge in [-0.3, -0.25) is 16.6 Å². The van der Waals surface area contributed by atoms with Gasteiger partial charge >= 0.3 is 0 Å². The van der Waals surface area contributed by atoms with Crippen molar-refractivity contribution < 1.29 is 9.47 Å². The van der Waals surface area contributed by atoms with Gasteiger partial charge in [-0.15, -0.1) is 0 Å². The van der Waals surface area contributed by atoms with Crippen molar-refractivity contribution in [2.45, 2.75) is 26.1 Å². The smallest absolute Gasteiger partial charge is 0.0867 e. The van der Waals surface area contributed by atoms with E-state index in [0.29, 0.717) is 6.54 Å². The number of nitriles is 1. The quantitative estimate of drug-likeness (QED) is 0.355. The fraction of sp³-hybridized carbons (Fsp3) is 0.900. The lowest BCUT2D eigenvalue weighted by atomic mass is 10.3. The molecule has 2 atom stereocenters. The molecule has 0 aliphatic heterocycles. The zero-order valence-corrected chi connectivity index (χ0v) is 10.6. The Morgan fingerprint density at radius 2 is 1.50 bits per heavy atom. The molecule has 0 aliphatic carbocycles. The molecule has 2 unspecified atom stereocenters. The Hall–Kier alpha value is -0.710. The second-order valence-corrected chi connectivity index (χ2v) is 3.44. The van der Waals surface area contributed by atoms with Crippen molar-refractivity contribution in [1.29, 1.82) is 5.26 Å². The topological polar surface area (TPSA) is 97.5 Å². The lowest BCUT2D eigenvalue weighted by Gasteiger charge is -2.24. The van der Waals surface area contributed by atoms with Gasteiger partial charge in [-0.1, -0.05) is 0 Å². The summed E-state index contributed by atoms with van der Waals surface area (Å²) in [5.41, 5.74) is 0. The first-order chi connectivity index (χ1) is 7.63. The van der Waals surface area contributed by atoms with E-state index in [2.05, 4.69) is 17.8 Å². The molecule has 16 heavy (non-hydrogen) atoms. The summed E-state index contributed by atoms with van der Waals surface area (Å²) < 4.78 is 10.3. The van der Waals surface area contributed by atoms with Gasteiger partial charge in [0.2, 0.25) is 0 Å². The molecule has 0 saturated carbocycles. The van der Waals surface area contributed by atoms with E-state index in [-0.39, 0.29) is 12.2 Å². The van der Waals surface area contributed by atoms with E-state index in [1.165, 1.54) is 0 Å². The van der Waals surface area contributed by atoms with Crippen LogP contribution in [0, 0.1) is 11.3 Å². The highest BCUT2D eigenvalue weighted by molar-refractivity contribution is 4.78. The van der Waals surface area contributed by atoms with Crippen molar-refractivity contribution >= 4 is 0 Å². The van der Waals surface area contributed by atoms with Crippen LogP contribution in [0.2, 0.25) is 0 Å². The van der Waals surface area contributed by atoms with Crippen LogP contribution in [0.1, 0.15) is 13.8 Å². The average Bonchev–Trinajstić information content (AvgIpc) is 2.31. The van der Waals surface area contributed by atoms with Crippen molar-refractivity contribution in [2.75, 3.05) is 33.9 Å². The standard InChI is InChI=1S/C10H20N2O2.H4N2/c1-9(13-3)7-12(6-5-11)8-10(2)14-4;1-2/h9-10H,6-8H2,1-4H3;1-2H2. The summed E-state index contributed by atoms with van der Waals surface area (Å²) in [4.78, 5) is 2.03.